The third-order valence-electron chi connectivity index (χ3n) is 6.11. The predicted molar refractivity (Wildman–Crippen MR) is 125 cm³/mol. The van der Waals surface area contributed by atoms with Crippen molar-refractivity contribution in [2.45, 2.75) is 71.5 Å². The number of carbonyl (C=O) groups excluding carboxylic acids is 1. The fourth-order valence-corrected chi connectivity index (χ4v) is 5.58. The largest absolute Gasteiger partial charge is 0.352 e. The molecule has 1 N–H and O–H groups in total. The Bertz CT molecular complexity index is 1210. The highest BCUT2D eigenvalue weighted by atomic mass is 32.1. The first-order valence-corrected chi connectivity index (χ1v) is 11.9. The minimum absolute atomic E-state index is 0.0409. The number of fused-ring (bicyclic) bond motifs is 3. The van der Waals surface area contributed by atoms with E-state index in [4.69, 9.17) is 0 Å². The van der Waals surface area contributed by atoms with E-state index >= 15 is 0 Å². The van der Waals surface area contributed by atoms with Gasteiger partial charge in [-0.15, -0.1) is 11.3 Å². The highest BCUT2D eigenvalue weighted by Crippen LogP contribution is 2.34. The van der Waals surface area contributed by atoms with Crippen molar-refractivity contribution in [3.63, 3.8) is 0 Å². The summed E-state index contributed by atoms with van der Waals surface area (Å²) >= 11 is 1.51. The van der Waals surface area contributed by atoms with Crippen molar-refractivity contribution in [2.75, 3.05) is 0 Å². The molecule has 3 aromatic rings. The summed E-state index contributed by atoms with van der Waals surface area (Å²) in [5.74, 6) is -0.197. The van der Waals surface area contributed by atoms with Gasteiger partial charge in [0.2, 0.25) is 5.91 Å². The molecule has 164 valence electrons. The molecule has 1 aliphatic rings. The number of hydrogen-bond acceptors (Lipinski definition) is 4. The smallest absolute Gasteiger partial charge is 0.332 e. The van der Waals surface area contributed by atoms with Gasteiger partial charge in [0.15, 0.2) is 0 Å². The van der Waals surface area contributed by atoms with Crippen LogP contribution in [0.4, 0.5) is 0 Å². The minimum Gasteiger partial charge on any atom is -0.352 e. The second-order valence-electron chi connectivity index (χ2n) is 8.33. The van der Waals surface area contributed by atoms with E-state index in [-0.39, 0.29) is 24.1 Å². The SMILES string of the molecule is CC[C@@H](C)NC(=O)Cn1c(=O)n(CCc2ccccc2)c(=O)c2c3c(sc21)CCCC3. The van der Waals surface area contributed by atoms with E-state index in [0.29, 0.717) is 23.2 Å². The second kappa shape index (κ2) is 9.22. The summed E-state index contributed by atoms with van der Waals surface area (Å²) < 4.78 is 2.84. The highest BCUT2D eigenvalue weighted by molar-refractivity contribution is 7.18. The van der Waals surface area contributed by atoms with Gasteiger partial charge in [0.05, 0.1) is 5.39 Å². The standard InChI is InChI=1S/C24H29N3O3S/c1-3-16(2)25-20(28)15-27-23-21(18-11-7-8-12-19(18)31-23)22(29)26(24(27)30)14-13-17-9-5-4-6-10-17/h4-6,9-10,16H,3,7-8,11-15H2,1-2H3,(H,25,28)/t16-/m1/s1. The Hall–Kier alpha value is -2.67. The monoisotopic (exact) mass is 439 g/mol. The summed E-state index contributed by atoms with van der Waals surface area (Å²) in [6.45, 7) is 4.19. The van der Waals surface area contributed by atoms with Crippen molar-refractivity contribution in [2.24, 2.45) is 0 Å². The molecule has 2 heterocycles. The van der Waals surface area contributed by atoms with E-state index in [0.717, 1.165) is 43.2 Å². The molecule has 0 saturated carbocycles. The number of hydrogen-bond donors (Lipinski definition) is 1. The molecule has 1 aliphatic carbocycles. The van der Waals surface area contributed by atoms with Crippen LogP contribution in [0.25, 0.3) is 10.2 Å². The molecule has 7 heteroatoms. The van der Waals surface area contributed by atoms with Crippen molar-refractivity contribution in [1.82, 2.24) is 14.5 Å². The zero-order chi connectivity index (χ0) is 22.0. The summed E-state index contributed by atoms with van der Waals surface area (Å²) in [4.78, 5) is 41.3. The number of aryl methyl sites for hydroxylation is 3. The molecule has 0 saturated heterocycles. The first-order chi connectivity index (χ1) is 15.0. The average molecular weight is 440 g/mol. The molecule has 31 heavy (non-hydrogen) atoms. The maximum atomic E-state index is 13.4. The third-order valence-corrected chi connectivity index (χ3v) is 7.42. The Labute approximate surface area is 185 Å². The Morgan fingerprint density at radius 1 is 1.13 bits per heavy atom. The maximum absolute atomic E-state index is 13.4. The van der Waals surface area contributed by atoms with Gasteiger partial charge in [-0.1, -0.05) is 37.3 Å². The van der Waals surface area contributed by atoms with Gasteiger partial charge in [-0.3, -0.25) is 18.7 Å². The fraction of sp³-hybridized carbons (Fsp3) is 0.458. The summed E-state index contributed by atoms with van der Waals surface area (Å²) in [5.41, 5.74) is 1.54. The molecule has 0 fully saturated rings. The molecule has 1 atom stereocenters. The lowest BCUT2D eigenvalue weighted by Crippen LogP contribution is -2.43. The molecule has 0 bridgehead atoms. The minimum atomic E-state index is -0.397. The van der Waals surface area contributed by atoms with Crippen molar-refractivity contribution in [1.29, 1.82) is 0 Å². The van der Waals surface area contributed by atoms with Gasteiger partial charge in [0, 0.05) is 17.5 Å². The topological polar surface area (TPSA) is 73.1 Å². The van der Waals surface area contributed by atoms with E-state index < -0.39 is 5.69 Å². The molecule has 1 aromatic carbocycles. The van der Waals surface area contributed by atoms with E-state index in [1.807, 2.05) is 44.2 Å². The van der Waals surface area contributed by atoms with Crippen molar-refractivity contribution < 1.29 is 4.79 Å². The summed E-state index contributed by atoms with van der Waals surface area (Å²) in [5, 5.41) is 3.58. The van der Waals surface area contributed by atoms with Crippen LogP contribution in [0.2, 0.25) is 0 Å². The number of nitrogens with one attached hydrogen (secondary N) is 1. The molecule has 6 nitrogen and oxygen atoms in total. The van der Waals surface area contributed by atoms with Crippen LogP contribution in [-0.2, 0) is 37.1 Å². The van der Waals surface area contributed by atoms with Gasteiger partial charge < -0.3 is 5.32 Å². The lowest BCUT2D eigenvalue weighted by atomic mass is 9.97. The molecule has 4 rings (SSSR count). The molecule has 0 spiro atoms. The van der Waals surface area contributed by atoms with Gasteiger partial charge >= 0.3 is 5.69 Å². The Kier molecular flexibility index (Phi) is 6.41. The first-order valence-electron chi connectivity index (χ1n) is 11.1. The zero-order valence-electron chi connectivity index (χ0n) is 18.1. The summed E-state index contributed by atoms with van der Waals surface area (Å²) in [6.07, 6.45) is 5.36. The van der Waals surface area contributed by atoms with Crippen LogP contribution in [0, 0.1) is 0 Å². The van der Waals surface area contributed by atoms with Crippen molar-refractivity contribution >= 4 is 27.5 Å². The predicted octanol–water partition coefficient (Wildman–Crippen LogP) is 3.26. The number of amides is 1. The number of benzene rings is 1. The lowest BCUT2D eigenvalue weighted by Gasteiger charge is -2.15. The Morgan fingerprint density at radius 3 is 2.61 bits per heavy atom. The third kappa shape index (κ3) is 4.37. The molecule has 0 radical (unpaired) electrons. The van der Waals surface area contributed by atoms with Gasteiger partial charge in [-0.25, -0.2) is 4.79 Å². The van der Waals surface area contributed by atoms with Crippen LogP contribution in [0.15, 0.2) is 39.9 Å². The first kappa shape index (κ1) is 21.6. The van der Waals surface area contributed by atoms with E-state index in [2.05, 4.69) is 5.32 Å². The van der Waals surface area contributed by atoms with Gasteiger partial charge in [-0.2, -0.15) is 0 Å². The fourth-order valence-electron chi connectivity index (χ4n) is 4.20. The zero-order valence-corrected chi connectivity index (χ0v) is 19.0. The van der Waals surface area contributed by atoms with Gasteiger partial charge in [-0.05, 0) is 56.6 Å². The molecule has 1 amide bonds. The van der Waals surface area contributed by atoms with Crippen LogP contribution in [0.3, 0.4) is 0 Å². The van der Waals surface area contributed by atoms with Crippen molar-refractivity contribution in [3.05, 3.63) is 67.2 Å². The number of thiophene rings is 1. The van der Waals surface area contributed by atoms with Gasteiger partial charge in [0.25, 0.3) is 5.56 Å². The normalized spacial score (nSPS) is 14.4. The molecule has 0 aliphatic heterocycles. The van der Waals surface area contributed by atoms with E-state index in [1.54, 1.807) is 0 Å². The molecule has 2 aromatic heterocycles. The van der Waals surface area contributed by atoms with E-state index in [1.165, 1.54) is 25.3 Å². The second-order valence-corrected chi connectivity index (χ2v) is 9.41. The Morgan fingerprint density at radius 2 is 1.87 bits per heavy atom. The van der Waals surface area contributed by atoms with E-state index in [9.17, 15) is 14.4 Å². The lowest BCUT2D eigenvalue weighted by molar-refractivity contribution is -0.122. The summed E-state index contributed by atoms with van der Waals surface area (Å²) in [7, 11) is 0. The number of rotatable bonds is 7. The number of aromatic nitrogens is 2. The van der Waals surface area contributed by atoms with Crippen LogP contribution in [0.1, 0.15) is 49.1 Å². The van der Waals surface area contributed by atoms with Crippen LogP contribution >= 0.6 is 11.3 Å². The van der Waals surface area contributed by atoms with Crippen molar-refractivity contribution in [3.8, 4) is 0 Å². The summed E-state index contributed by atoms with van der Waals surface area (Å²) in [6, 6.07) is 9.88. The van der Waals surface area contributed by atoms with Crippen LogP contribution in [0.5, 0.6) is 0 Å². The average Bonchev–Trinajstić information content (AvgIpc) is 3.17. The van der Waals surface area contributed by atoms with Gasteiger partial charge in [0.1, 0.15) is 11.4 Å². The Balaban J connectivity index is 1.80. The quantitative estimate of drug-likeness (QED) is 0.614. The number of carbonyl (C=O) groups is 1. The van der Waals surface area contributed by atoms with Crippen LogP contribution in [-0.4, -0.2) is 21.1 Å². The molecular formula is C24H29N3O3S. The highest BCUT2D eigenvalue weighted by Gasteiger charge is 2.24. The molecule has 0 unspecified atom stereocenters. The molecular weight excluding hydrogens is 410 g/mol. The van der Waals surface area contributed by atoms with Crippen LogP contribution < -0.4 is 16.6 Å². The maximum Gasteiger partial charge on any atom is 0.332 e. The number of nitrogens with zero attached hydrogens (tertiary/aromatic N) is 2.